The third kappa shape index (κ3) is 2.44. The summed E-state index contributed by atoms with van der Waals surface area (Å²) in [6, 6.07) is 10.5. The first-order valence-electron chi connectivity index (χ1n) is 6.93. The van der Waals surface area contributed by atoms with Gasteiger partial charge in [0.05, 0.1) is 0 Å². The molecule has 0 unspecified atom stereocenters. The fourth-order valence-electron chi connectivity index (χ4n) is 2.52. The van der Waals surface area contributed by atoms with E-state index in [1.54, 1.807) is 11.8 Å². The van der Waals surface area contributed by atoms with Crippen molar-refractivity contribution < 1.29 is 0 Å². The van der Waals surface area contributed by atoms with Crippen molar-refractivity contribution >= 4 is 22.9 Å². The van der Waals surface area contributed by atoms with E-state index < -0.39 is 0 Å². The van der Waals surface area contributed by atoms with Crippen LogP contribution in [-0.2, 0) is 6.42 Å². The molecular formula is C17H18N3S. The molecule has 0 amide bonds. The Morgan fingerprint density at radius 1 is 1.14 bits per heavy atom. The lowest BCUT2D eigenvalue weighted by Crippen LogP contribution is -1.98. The van der Waals surface area contributed by atoms with Crippen LogP contribution < -0.4 is 0 Å². The molecule has 3 rings (SSSR count). The van der Waals surface area contributed by atoms with Crippen molar-refractivity contribution in [2.45, 2.75) is 25.4 Å². The molecule has 3 nitrogen and oxygen atoms in total. The SMILES string of the molecule is [CH2]Cc1ccc(-n2c(SC)nc3c(C)cc(C)nc32)cc1. The van der Waals surface area contributed by atoms with Gasteiger partial charge in [0, 0.05) is 11.4 Å². The van der Waals surface area contributed by atoms with Crippen LogP contribution in [0.3, 0.4) is 0 Å². The predicted molar refractivity (Wildman–Crippen MR) is 89.2 cm³/mol. The normalized spacial score (nSPS) is 11.2. The number of thioether (sulfide) groups is 1. The molecule has 2 heterocycles. The van der Waals surface area contributed by atoms with E-state index in [1.165, 1.54) is 11.1 Å². The molecule has 0 N–H and O–H groups in total. The lowest BCUT2D eigenvalue weighted by atomic mass is 10.1. The summed E-state index contributed by atoms with van der Waals surface area (Å²) in [6.07, 6.45) is 2.85. The average molecular weight is 296 g/mol. The number of rotatable bonds is 3. The van der Waals surface area contributed by atoms with Gasteiger partial charge < -0.3 is 0 Å². The highest BCUT2D eigenvalue weighted by atomic mass is 32.2. The smallest absolute Gasteiger partial charge is 0.174 e. The Hall–Kier alpha value is -1.81. The number of fused-ring (bicyclic) bond motifs is 1. The zero-order chi connectivity index (χ0) is 15.0. The summed E-state index contributed by atoms with van der Waals surface area (Å²) >= 11 is 1.64. The van der Waals surface area contributed by atoms with Gasteiger partial charge in [-0.05, 0) is 62.8 Å². The van der Waals surface area contributed by atoms with Gasteiger partial charge in [-0.2, -0.15) is 0 Å². The lowest BCUT2D eigenvalue weighted by Gasteiger charge is -2.08. The molecule has 0 spiro atoms. The van der Waals surface area contributed by atoms with Crippen LogP contribution in [0.15, 0.2) is 35.5 Å². The minimum Gasteiger partial charge on any atom is -0.272 e. The molecule has 0 aliphatic rings. The number of aryl methyl sites for hydroxylation is 2. The Bertz CT molecular complexity index is 788. The molecule has 0 bridgehead atoms. The zero-order valence-corrected chi connectivity index (χ0v) is 13.4. The molecule has 0 fully saturated rings. The van der Waals surface area contributed by atoms with Crippen LogP contribution >= 0.6 is 11.8 Å². The summed E-state index contributed by atoms with van der Waals surface area (Å²) in [5.74, 6) is 0. The number of aromatic nitrogens is 3. The first kappa shape index (κ1) is 14.1. The summed E-state index contributed by atoms with van der Waals surface area (Å²) in [5.41, 5.74) is 6.42. The van der Waals surface area contributed by atoms with Gasteiger partial charge in [0.2, 0.25) is 0 Å². The van der Waals surface area contributed by atoms with Gasteiger partial charge in [0.15, 0.2) is 10.8 Å². The topological polar surface area (TPSA) is 30.7 Å². The van der Waals surface area contributed by atoms with E-state index in [4.69, 9.17) is 9.97 Å². The van der Waals surface area contributed by atoms with E-state index in [2.05, 4.69) is 48.7 Å². The summed E-state index contributed by atoms with van der Waals surface area (Å²) < 4.78 is 2.13. The summed E-state index contributed by atoms with van der Waals surface area (Å²) in [6.45, 7) is 8.03. The molecule has 3 aromatic rings. The second-order valence-corrected chi connectivity index (χ2v) is 5.88. The highest BCUT2D eigenvalue weighted by Gasteiger charge is 2.15. The zero-order valence-electron chi connectivity index (χ0n) is 12.6. The molecule has 2 aromatic heterocycles. The number of imidazole rings is 1. The van der Waals surface area contributed by atoms with Crippen LogP contribution in [0.2, 0.25) is 0 Å². The molecule has 1 radical (unpaired) electrons. The predicted octanol–water partition coefficient (Wildman–Crippen LogP) is 4.14. The average Bonchev–Trinajstić information content (AvgIpc) is 2.86. The highest BCUT2D eigenvalue weighted by molar-refractivity contribution is 7.98. The fourth-order valence-corrected chi connectivity index (χ4v) is 3.08. The largest absolute Gasteiger partial charge is 0.272 e. The minimum atomic E-state index is 0.802. The van der Waals surface area contributed by atoms with Crippen molar-refractivity contribution in [3.05, 3.63) is 54.1 Å². The Labute approximate surface area is 129 Å². The third-order valence-electron chi connectivity index (χ3n) is 3.57. The summed E-state index contributed by atoms with van der Waals surface area (Å²) in [4.78, 5) is 9.44. The second kappa shape index (κ2) is 5.53. The quantitative estimate of drug-likeness (QED) is 0.681. The number of pyridine rings is 1. The molecule has 0 aliphatic heterocycles. The van der Waals surface area contributed by atoms with Crippen LogP contribution in [0, 0.1) is 20.8 Å². The van der Waals surface area contributed by atoms with Crippen LogP contribution in [0.25, 0.3) is 16.9 Å². The van der Waals surface area contributed by atoms with Crippen molar-refractivity contribution in [2.75, 3.05) is 6.26 Å². The minimum absolute atomic E-state index is 0.802. The first-order valence-corrected chi connectivity index (χ1v) is 8.15. The van der Waals surface area contributed by atoms with Gasteiger partial charge in [0.25, 0.3) is 0 Å². The van der Waals surface area contributed by atoms with Crippen molar-refractivity contribution in [2.24, 2.45) is 0 Å². The fraction of sp³-hybridized carbons (Fsp3) is 0.235. The van der Waals surface area contributed by atoms with Gasteiger partial charge >= 0.3 is 0 Å². The van der Waals surface area contributed by atoms with E-state index in [-0.39, 0.29) is 0 Å². The molecule has 21 heavy (non-hydrogen) atoms. The molecule has 4 heteroatoms. The second-order valence-electron chi connectivity index (χ2n) is 5.10. The molecule has 1 aromatic carbocycles. The molecule has 107 valence electrons. The Morgan fingerprint density at radius 2 is 1.86 bits per heavy atom. The number of benzene rings is 1. The van der Waals surface area contributed by atoms with Crippen LogP contribution in [-0.4, -0.2) is 20.8 Å². The maximum atomic E-state index is 4.74. The van der Waals surface area contributed by atoms with Crippen molar-refractivity contribution in [3.8, 4) is 5.69 Å². The molecular weight excluding hydrogens is 278 g/mol. The monoisotopic (exact) mass is 296 g/mol. The van der Waals surface area contributed by atoms with E-state index in [0.29, 0.717) is 0 Å². The van der Waals surface area contributed by atoms with E-state index in [1.807, 2.05) is 13.2 Å². The number of nitrogens with zero attached hydrogens (tertiary/aromatic N) is 3. The molecule has 0 aliphatic carbocycles. The van der Waals surface area contributed by atoms with Crippen LogP contribution in [0.5, 0.6) is 0 Å². The van der Waals surface area contributed by atoms with Gasteiger partial charge in [-0.15, -0.1) is 0 Å². The molecule has 0 saturated carbocycles. The Kier molecular flexibility index (Phi) is 3.72. The van der Waals surface area contributed by atoms with E-state index in [9.17, 15) is 0 Å². The standard InChI is InChI=1S/C17H18N3S/c1-5-13-6-8-14(9-7-13)20-16-15(19-17(20)21-4)11(2)10-12(3)18-16/h6-10H,1,5H2,2-4H3. The lowest BCUT2D eigenvalue weighted by molar-refractivity contribution is 0.908. The number of hydrogen-bond donors (Lipinski definition) is 0. The first-order chi connectivity index (χ1) is 10.1. The van der Waals surface area contributed by atoms with Gasteiger partial charge in [0.1, 0.15) is 5.52 Å². The maximum absolute atomic E-state index is 4.74. The van der Waals surface area contributed by atoms with Gasteiger partial charge in [-0.3, -0.25) is 4.57 Å². The molecule has 0 saturated heterocycles. The highest BCUT2D eigenvalue weighted by Crippen LogP contribution is 2.27. The van der Waals surface area contributed by atoms with Gasteiger partial charge in [-0.25, -0.2) is 9.97 Å². The third-order valence-corrected chi connectivity index (χ3v) is 4.21. The van der Waals surface area contributed by atoms with Gasteiger partial charge in [-0.1, -0.05) is 23.9 Å². The Balaban J connectivity index is 2.28. The van der Waals surface area contributed by atoms with Crippen molar-refractivity contribution in [3.63, 3.8) is 0 Å². The summed E-state index contributed by atoms with van der Waals surface area (Å²) in [5, 5.41) is 0.966. The van der Waals surface area contributed by atoms with Crippen molar-refractivity contribution in [1.29, 1.82) is 0 Å². The molecule has 0 atom stereocenters. The van der Waals surface area contributed by atoms with Crippen LogP contribution in [0.1, 0.15) is 16.8 Å². The van der Waals surface area contributed by atoms with Crippen molar-refractivity contribution in [1.82, 2.24) is 14.5 Å². The van der Waals surface area contributed by atoms with E-state index in [0.717, 1.165) is 34.1 Å². The Morgan fingerprint density at radius 3 is 2.48 bits per heavy atom. The van der Waals surface area contributed by atoms with E-state index >= 15 is 0 Å². The summed E-state index contributed by atoms with van der Waals surface area (Å²) in [7, 11) is 0. The maximum Gasteiger partial charge on any atom is 0.174 e. The number of hydrogen-bond acceptors (Lipinski definition) is 3. The van der Waals surface area contributed by atoms with Crippen LogP contribution in [0.4, 0.5) is 0 Å².